The summed E-state index contributed by atoms with van der Waals surface area (Å²) in [6.45, 7) is 4.05. The van der Waals surface area contributed by atoms with Crippen LogP contribution in [0.1, 0.15) is 21.6 Å². The molecule has 0 amide bonds. The summed E-state index contributed by atoms with van der Waals surface area (Å²) in [6.07, 6.45) is 0.250. The monoisotopic (exact) mass is 434 g/mol. The maximum Gasteiger partial charge on any atom is 0.183 e. The third kappa shape index (κ3) is 4.81. The minimum atomic E-state index is -0.851. The van der Waals surface area contributed by atoms with Gasteiger partial charge in [0.2, 0.25) is 0 Å². The third-order valence-corrected chi connectivity index (χ3v) is 5.87. The molecule has 31 heavy (non-hydrogen) atoms. The number of thiazole rings is 1. The molecule has 0 radical (unpaired) electrons. The van der Waals surface area contributed by atoms with Crippen molar-refractivity contribution in [2.75, 3.05) is 5.32 Å². The molecular formula is C25H20F2N2OS. The molecule has 0 aliphatic rings. The minimum absolute atomic E-state index is 0.0289. The summed E-state index contributed by atoms with van der Waals surface area (Å²) in [5.41, 5.74) is 3.66. The predicted molar refractivity (Wildman–Crippen MR) is 122 cm³/mol. The highest BCUT2D eigenvalue weighted by molar-refractivity contribution is 7.16. The Morgan fingerprint density at radius 3 is 2.42 bits per heavy atom. The van der Waals surface area contributed by atoms with Crippen molar-refractivity contribution in [3.8, 4) is 11.3 Å². The number of nitrogens with zero attached hydrogens (tertiary/aromatic N) is 1. The van der Waals surface area contributed by atoms with E-state index in [-0.39, 0.29) is 12.2 Å². The number of benzene rings is 3. The number of aliphatic hydroxyl groups excluding tert-OH is 1. The van der Waals surface area contributed by atoms with E-state index in [1.165, 1.54) is 17.4 Å². The van der Waals surface area contributed by atoms with Crippen molar-refractivity contribution in [2.24, 2.45) is 0 Å². The number of hydrogen-bond acceptors (Lipinski definition) is 4. The van der Waals surface area contributed by atoms with E-state index in [0.717, 1.165) is 27.8 Å². The van der Waals surface area contributed by atoms with E-state index in [9.17, 15) is 13.9 Å². The molecule has 1 aromatic heterocycles. The highest BCUT2D eigenvalue weighted by atomic mass is 32.1. The van der Waals surface area contributed by atoms with Crippen LogP contribution in [0.2, 0.25) is 0 Å². The van der Waals surface area contributed by atoms with Crippen LogP contribution >= 0.6 is 11.3 Å². The van der Waals surface area contributed by atoms with Gasteiger partial charge in [0.05, 0.1) is 5.69 Å². The lowest BCUT2D eigenvalue weighted by atomic mass is 10.1. The van der Waals surface area contributed by atoms with Crippen LogP contribution in [0.3, 0.4) is 0 Å². The number of nitrogens with one attached hydrogen (secondary N) is 1. The summed E-state index contributed by atoms with van der Waals surface area (Å²) in [4.78, 5) is 5.58. The highest BCUT2D eigenvalue weighted by Gasteiger charge is 2.16. The van der Waals surface area contributed by atoms with Gasteiger partial charge in [-0.1, -0.05) is 73.3 Å². The summed E-state index contributed by atoms with van der Waals surface area (Å²) in [5, 5.41) is 13.5. The Morgan fingerprint density at radius 1 is 0.968 bits per heavy atom. The summed E-state index contributed by atoms with van der Waals surface area (Å²) >= 11 is 1.43. The summed E-state index contributed by atoms with van der Waals surface area (Å²) in [7, 11) is 0. The number of halogens is 2. The molecule has 2 N–H and O–H groups in total. The Balaban J connectivity index is 1.60. The van der Waals surface area contributed by atoms with Crippen LogP contribution in [-0.2, 0) is 13.0 Å². The normalized spacial score (nSPS) is 10.8. The molecule has 6 heteroatoms. The van der Waals surface area contributed by atoms with Crippen LogP contribution in [-0.4, -0.2) is 10.1 Å². The first-order chi connectivity index (χ1) is 15.0. The fourth-order valence-electron chi connectivity index (χ4n) is 3.22. The van der Waals surface area contributed by atoms with Gasteiger partial charge in [0.1, 0.15) is 5.76 Å². The molecule has 0 aliphatic heterocycles. The lowest BCUT2D eigenvalue weighted by Crippen LogP contribution is -1.99. The zero-order valence-corrected chi connectivity index (χ0v) is 17.4. The summed E-state index contributed by atoms with van der Waals surface area (Å²) in [5.74, 6) is -1.65. The van der Waals surface area contributed by atoms with Gasteiger partial charge in [0.25, 0.3) is 0 Å². The molecule has 4 aromatic rings. The van der Waals surface area contributed by atoms with E-state index in [4.69, 9.17) is 4.98 Å². The molecule has 3 aromatic carbocycles. The molecule has 0 fully saturated rings. The lowest BCUT2D eigenvalue weighted by molar-refractivity contribution is 0.501. The maximum atomic E-state index is 14.3. The average Bonchev–Trinajstić information content (AvgIpc) is 3.19. The molecule has 0 atom stereocenters. The molecule has 1 heterocycles. The number of aromatic nitrogens is 1. The zero-order chi connectivity index (χ0) is 21.8. The van der Waals surface area contributed by atoms with E-state index in [2.05, 4.69) is 11.9 Å². The largest absolute Gasteiger partial charge is 0.508 e. The Morgan fingerprint density at radius 2 is 1.71 bits per heavy atom. The van der Waals surface area contributed by atoms with Crippen LogP contribution in [0.25, 0.3) is 17.0 Å². The van der Waals surface area contributed by atoms with E-state index >= 15 is 0 Å². The van der Waals surface area contributed by atoms with Gasteiger partial charge >= 0.3 is 0 Å². The summed E-state index contributed by atoms with van der Waals surface area (Å²) < 4.78 is 27.9. The Labute approximate surface area is 183 Å². The zero-order valence-electron chi connectivity index (χ0n) is 16.6. The van der Waals surface area contributed by atoms with Crippen LogP contribution in [0.15, 0.2) is 79.4 Å². The number of anilines is 1. The molecule has 0 bridgehead atoms. The van der Waals surface area contributed by atoms with E-state index in [1.807, 2.05) is 42.5 Å². The first-order valence-electron chi connectivity index (χ1n) is 9.70. The fourth-order valence-corrected chi connectivity index (χ4v) is 4.22. The van der Waals surface area contributed by atoms with Gasteiger partial charge in [0.15, 0.2) is 16.8 Å². The van der Waals surface area contributed by atoms with E-state index in [0.29, 0.717) is 22.8 Å². The second-order valence-electron chi connectivity index (χ2n) is 7.04. The second kappa shape index (κ2) is 9.10. The summed E-state index contributed by atoms with van der Waals surface area (Å²) in [6, 6.07) is 21.3. The third-order valence-electron chi connectivity index (χ3n) is 4.86. The molecular weight excluding hydrogens is 414 g/mol. The number of hydrogen-bond donors (Lipinski definition) is 2. The predicted octanol–water partition coefficient (Wildman–Crippen LogP) is 6.82. The van der Waals surface area contributed by atoms with Gasteiger partial charge in [-0.2, -0.15) is 0 Å². The lowest BCUT2D eigenvalue weighted by Gasteiger charge is -2.04. The smallest absolute Gasteiger partial charge is 0.183 e. The van der Waals surface area contributed by atoms with Crippen LogP contribution in [0.4, 0.5) is 13.9 Å². The Kier molecular flexibility index (Phi) is 6.09. The maximum absolute atomic E-state index is 14.3. The molecule has 0 saturated carbocycles. The minimum Gasteiger partial charge on any atom is -0.508 e. The Hall–Kier alpha value is -3.51. The van der Waals surface area contributed by atoms with Crippen molar-refractivity contribution < 1.29 is 13.9 Å². The van der Waals surface area contributed by atoms with Crippen molar-refractivity contribution in [3.05, 3.63) is 113 Å². The van der Waals surface area contributed by atoms with Crippen molar-refractivity contribution in [1.29, 1.82) is 0 Å². The second-order valence-corrected chi connectivity index (χ2v) is 8.13. The standard InChI is InChI=1S/C25H20F2N2OS/c1-16(30)18-12-10-17(11-13-18)15-28-25-29-24(19-6-3-2-4-7-19)22(31-25)14-20-8-5-9-21(26)23(20)27/h2-13,30H,1,14-15H2,(H,28,29). The molecule has 3 nitrogen and oxygen atoms in total. The number of aliphatic hydroxyl groups is 1. The van der Waals surface area contributed by atoms with Crippen molar-refractivity contribution >= 4 is 22.2 Å². The first-order valence-corrected chi connectivity index (χ1v) is 10.5. The van der Waals surface area contributed by atoms with Crippen molar-refractivity contribution in [3.63, 3.8) is 0 Å². The topological polar surface area (TPSA) is 45.1 Å². The Bertz CT molecular complexity index is 1200. The van der Waals surface area contributed by atoms with Gasteiger partial charge < -0.3 is 10.4 Å². The molecule has 0 saturated heterocycles. The molecule has 156 valence electrons. The van der Waals surface area contributed by atoms with Crippen LogP contribution in [0, 0.1) is 11.6 Å². The van der Waals surface area contributed by atoms with Crippen LogP contribution < -0.4 is 5.32 Å². The van der Waals surface area contributed by atoms with Gasteiger partial charge in [0, 0.05) is 29.0 Å². The number of rotatable bonds is 7. The van der Waals surface area contributed by atoms with Crippen molar-refractivity contribution in [1.82, 2.24) is 4.98 Å². The molecule has 0 unspecified atom stereocenters. The molecule has 0 aliphatic carbocycles. The van der Waals surface area contributed by atoms with Gasteiger partial charge in [-0.3, -0.25) is 0 Å². The SMILES string of the molecule is C=C(O)c1ccc(CNc2nc(-c3ccccc3)c(Cc3cccc(F)c3F)s2)cc1. The average molecular weight is 435 g/mol. The van der Waals surface area contributed by atoms with Gasteiger partial charge in [-0.15, -0.1) is 11.3 Å². The molecule has 0 spiro atoms. The van der Waals surface area contributed by atoms with Gasteiger partial charge in [-0.25, -0.2) is 13.8 Å². The van der Waals surface area contributed by atoms with Gasteiger partial charge in [-0.05, 0) is 17.2 Å². The highest BCUT2D eigenvalue weighted by Crippen LogP contribution is 2.33. The first kappa shape index (κ1) is 20.8. The van der Waals surface area contributed by atoms with E-state index < -0.39 is 11.6 Å². The quantitative estimate of drug-likeness (QED) is 0.314. The van der Waals surface area contributed by atoms with Crippen LogP contribution in [0.5, 0.6) is 0 Å². The molecule has 4 rings (SSSR count). The van der Waals surface area contributed by atoms with E-state index in [1.54, 1.807) is 18.2 Å². The van der Waals surface area contributed by atoms with Crippen molar-refractivity contribution in [2.45, 2.75) is 13.0 Å². The fraction of sp³-hybridized carbons (Fsp3) is 0.0800.